The lowest BCUT2D eigenvalue weighted by Crippen LogP contribution is -2.18. The molecule has 0 aliphatic carbocycles. The number of carbonyl (C=O) groups excluding carboxylic acids is 2. The summed E-state index contributed by atoms with van der Waals surface area (Å²) in [6.45, 7) is 1.72. The van der Waals surface area contributed by atoms with Gasteiger partial charge in [0.05, 0.1) is 39.1 Å². The van der Waals surface area contributed by atoms with Crippen LogP contribution in [0.5, 0.6) is 5.75 Å². The quantitative estimate of drug-likeness (QED) is 0.160. The van der Waals surface area contributed by atoms with E-state index in [1.54, 1.807) is 25.1 Å². The number of pyridine rings is 1. The van der Waals surface area contributed by atoms with Crippen LogP contribution in [0.3, 0.4) is 0 Å². The first-order valence-electron chi connectivity index (χ1n) is 11.0. The van der Waals surface area contributed by atoms with Crippen molar-refractivity contribution in [2.75, 3.05) is 13.2 Å². The number of amides is 1. The average molecular weight is 567 g/mol. The summed E-state index contributed by atoms with van der Waals surface area (Å²) in [6, 6.07) is 22.2. The Hall–Kier alpha value is -3.75. The van der Waals surface area contributed by atoms with Gasteiger partial charge in [-0.25, -0.2) is 15.2 Å². The summed E-state index contributed by atoms with van der Waals surface area (Å²) in [7, 11) is 0. The van der Waals surface area contributed by atoms with Gasteiger partial charge in [0.2, 0.25) is 0 Å². The van der Waals surface area contributed by atoms with Gasteiger partial charge in [0, 0.05) is 10.9 Å². The number of hydrazone groups is 1. The van der Waals surface area contributed by atoms with Gasteiger partial charge in [-0.1, -0.05) is 60.1 Å². The summed E-state index contributed by atoms with van der Waals surface area (Å²) in [6.07, 6.45) is 1.46. The van der Waals surface area contributed by atoms with Crippen molar-refractivity contribution < 1.29 is 19.1 Å². The van der Waals surface area contributed by atoms with E-state index in [2.05, 4.69) is 26.5 Å². The molecule has 0 aliphatic rings. The lowest BCUT2D eigenvalue weighted by molar-refractivity contribution is -0.145. The maximum Gasteiger partial charge on any atom is 0.344 e. The molecule has 0 aliphatic heterocycles. The number of esters is 1. The molecular weight excluding hydrogens is 546 g/mol. The van der Waals surface area contributed by atoms with E-state index >= 15 is 0 Å². The van der Waals surface area contributed by atoms with Crippen molar-refractivity contribution in [1.82, 2.24) is 10.4 Å². The van der Waals surface area contributed by atoms with Crippen LogP contribution in [0.4, 0.5) is 0 Å². The molecule has 9 heteroatoms. The molecule has 7 nitrogen and oxygen atoms in total. The Labute approximate surface area is 221 Å². The fourth-order valence-electron chi connectivity index (χ4n) is 3.47. The molecule has 0 saturated carbocycles. The third kappa shape index (κ3) is 6.08. The smallest absolute Gasteiger partial charge is 0.344 e. The van der Waals surface area contributed by atoms with Crippen molar-refractivity contribution >= 4 is 56.5 Å². The average Bonchev–Trinajstić information content (AvgIpc) is 2.88. The normalized spacial score (nSPS) is 11.0. The molecule has 0 fully saturated rings. The topological polar surface area (TPSA) is 89.9 Å². The largest absolute Gasteiger partial charge is 0.479 e. The molecule has 1 amide bonds. The van der Waals surface area contributed by atoms with Gasteiger partial charge in [0.25, 0.3) is 5.91 Å². The molecule has 0 atom stereocenters. The fraction of sp³-hybridized carbons (Fsp3) is 0.111. The number of fused-ring (bicyclic) bond motifs is 1. The van der Waals surface area contributed by atoms with E-state index in [9.17, 15) is 9.59 Å². The molecule has 3 aromatic carbocycles. The SMILES string of the molecule is CCOC(=O)COc1c(Cl)cc(/C=N/NC(=O)c2cc(-c3ccccc3)nc3ccccc23)cc1Br. The Morgan fingerprint density at radius 1 is 1.08 bits per heavy atom. The highest BCUT2D eigenvalue weighted by atomic mass is 79.9. The monoisotopic (exact) mass is 565 g/mol. The second-order valence-electron chi connectivity index (χ2n) is 7.54. The maximum absolute atomic E-state index is 13.1. The minimum Gasteiger partial charge on any atom is -0.479 e. The van der Waals surface area contributed by atoms with E-state index in [-0.39, 0.29) is 24.1 Å². The third-order valence-electron chi connectivity index (χ3n) is 5.07. The van der Waals surface area contributed by atoms with Gasteiger partial charge in [0.15, 0.2) is 12.4 Å². The highest BCUT2D eigenvalue weighted by molar-refractivity contribution is 9.10. The number of ether oxygens (including phenoxy) is 2. The van der Waals surface area contributed by atoms with Crippen LogP contribution in [-0.2, 0) is 9.53 Å². The summed E-state index contributed by atoms with van der Waals surface area (Å²) >= 11 is 9.69. The molecule has 4 aromatic rings. The van der Waals surface area contributed by atoms with Crippen molar-refractivity contribution in [3.63, 3.8) is 0 Å². The summed E-state index contributed by atoms with van der Waals surface area (Å²) in [4.78, 5) is 29.3. The maximum atomic E-state index is 13.1. The van der Waals surface area contributed by atoms with E-state index in [1.807, 2.05) is 54.6 Å². The van der Waals surface area contributed by atoms with Crippen molar-refractivity contribution in [2.45, 2.75) is 6.92 Å². The molecule has 1 aromatic heterocycles. The number of aromatic nitrogens is 1. The van der Waals surface area contributed by atoms with Crippen LogP contribution in [0.15, 0.2) is 82.4 Å². The van der Waals surface area contributed by atoms with Crippen LogP contribution in [-0.4, -0.2) is 36.3 Å². The first-order valence-corrected chi connectivity index (χ1v) is 12.2. The lowest BCUT2D eigenvalue weighted by atomic mass is 10.0. The molecule has 1 heterocycles. The summed E-state index contributed by atoms with van der Waals surface area (Å²) in [5.74, 6) is -0.558. The first-order chi connectivity index (χ1) is 17.5. The number of benzene rings is 3. The van der Waals surface area contributed by atoms with Gasteiger partial charge in [-0.3, -0.25) is 4.79 Å². The molecule has 0 bridgehead atoms. The third-order valence-corrected chi connectivity index (χ3v) is 5.94. The number of nitrogens with zero attached hydrogens (tertiary/aromatic N) is 2. The van der Waals surface area contributed by atoms with E-state index in [4.69, 9.17) is 26.1 Å². The number of hydrogen-bond donors (Lipinski definition) is 1. The van der Waals surface area contributed by atoms with Gasteiger partial charge >= 0.3 is 5.97 Å². The zero-order valence-corrected chi connectivity index (χ0v) is 21.5. The molecule has 36 heavy (non-hydrogen) atoms. The Morgan fingerprint density at radius 2 is 1.83 bits per heavy atom. The van der Waals surface area contributed by atoms with E-state index in [0.29, 0.717) is 32.6 Å². The van der Waals surface area contributed by atoms with Crippen LogP contribution in [0, 0.1) is 0 Å². The predicted octanol–water partition coefficient (Wildman–Crippen LogP) is 6.02. The molecule has 0 unspecified atom stereocenters. The molecule has 4 rings (SSSR count). The summed E-state index contributed by atoms with van der Waals surface area (Å²) < 4.78 is 10.8. The Bertz CT molecular complexity index is 1420. The highest BCUT2D eigenvalue weighted by Crippen LogP contribution is 2.34. The number of rotatable bonds is 8. The fourth-order valence-corrected chi connectivity index (χ4v) is 4.46. The number of carbonyl (C=O) groups is 2. The van der Waals surface area contributed by atoms with Gasteiger partial charge < -0.3 is 9.47 Å². The predicted molar refractivity (Wildman–Crippen MR) is 144 cm³/mol. The van der Waals surface area contributed by atoms with Gasteiger partial charge in [-0.05, 0) is 52.7 Å². The van der Waals surface area contributed by atoms with Crippen LogP contribution >= 0.6 is 27.5 Å². The Balaban J connectivity index is 1.53. The number of hydrogen-bond acceptors (Lipinski definition) is 6. The van der Waals surface area contributed by atoms with E-state index < -0.39 is 5.97 Å². The van der Waals surface area contributed by atoms with Crippen molar-refractivity contribution in [3.8, 4) is 17.0 Å². The van der Waals surface area contributed by atoms with Gasteiger partial charge in [0.1, 0.15) is 0 Å². The standard InChI is InChI=1S/C27H21BrClN3O4/c1-2-35-25(33)16-36-26-21(28)12-17(13-22(26)29)15-30-32-27(34)20-14-24(18-8-4-3-5-9-18)31-23-11-7-6-10-19(20)23/h3-15H,2,16H2,1H3,(H,32,34)/b30-15+. The molecule has 182 valence electrons. The lowest BCUT2D eigenvalue weighted by Gasteiger charge is -2.10. The Morgan fingerprint density at radius 3 is 2.58 bits per heavy atom. The van der Waals surface area contributed by atoms with E-state index in [0.717, 1.165) is 10.9 Å². The van der Waals surface area contributed by atoms with Crippen LogP contribution in [0.25, 0.3) is 22.2 Å². The molecule has 0 spiro atoms. The molecule has 0 saturated heterocycles. The van der Waals surface area contributed by atoms with Gasteiger partial charge in [-0.2, -0.15) is 5.10 Å². The first kappa shape index (κ1) is 25.3. The summed E-state index contributed by atoms with van der Waals surface area (Å²) in [5, 5.41) is 5.09. The van der Waals surface area contributed by atoms with Crippen LogP contribution in [0.1, 0.15) is 22.8 Å². The molecular formula is C27H21BrClN3O4. The zero-order valence-electron chi connectivity index (χ0n) is 19.2. The van der Waals surface area contributed by atoms with E-state index in [1.165, 1.54) is 6.21 Å². The number of halogens is 2. The summed E-state index contributed by atoms with van der Waals surface area (Å²) in [5.41, 5.74) is 5.96. The van der Waals surface area contributed by atoms with Crippen molar-refractivity contribution in [2.24, 2.45) is 5.10 Å². The zero-order chi connectivity index (χ0) is 25.5. The molecule has 1 N–H and O–H groups in total. The van der Waals surface area contributed by atoms with Crippen LogP contribution in [0.2, 0.25) is 5.02 Å². The minimum atomic E-state index is -0.493. The highest BCUT2D eigenvalue weighted by Gasteiger charge is 2.14. The van der Waals surface area contributed by atoms with Crippen molar-refractivity contribution in [1.29, 1.82) is 0 Å². The Kier molecular flexibility index (Phi) is 8.30. The molecule has 0 radical (unpaired) electrons. The van der Waals surface area contributed by atoms with Crippen molar-refractivity contribution in [3.05, 3.63) is 93.4 Å². The number of para-hydroxylation sites is 1. The van der Waals surface area contributed by atoms with Gasteiger partial charge in [-0.15, -0.1) is 0 Å². The minimum absolute atomic E-state index is 0.263. The van der Waals surface area contributed by atoms with Crippen LogP contribution < -0.4 is 10.2 Å². The second-order valence-corrected chi connectivity index (χ2v) is 8.81. The number of nitrogens with one attached hydrogen (secondary N) is 1. The second kappa shape index (κ2) is 11.8.